The summed E-state index contributed by atoms with van der Waals surface area (Å²) in [7, 11) is -4.15. The van der Waals surface area contributed by atoms with Crippen molar-refractivity contribution in [2.75, 3.05) is 0 Å². The first-order valence-electron chi connectivity index (χ1n) is 3.27. The van der Waals surface area contributed by atoms with Crippen molar-refractivity contribution in [3.05, 3.63) is 28.8 Å². The van der Waals surface area contributed by atoms with Crippen LogP contribution in [0.3, 0.4) is 0 Å². The van der Waals surface area contributed by atoms with E-state index >= 15 is 0 Å². The second-order valence-corrected chi connectivity index (χ2v) is 4.75. The third kappa shape index (κ3) is 2.67. The monoisotopic (exact) mass is 284 g/mol. The van der Waals surface area contributed by atoms with Crippen molar-refractivity contribution in [2.45, 2.75) is 10.2 Å². The van der Waals surface area contributed by atoms with E-state index in [9.17, 15) is 8.42 Å². The Hall–Kier alpha value is -0.100. The molecule has 1 aromatic rings. The summed E-state index contributed by atoms with van der Waals surface area (Å²) in [5.41, 5.74) is 0.772. The first kappa shape index (κ1) is 11.0. The van der Waals surface area contributed by atoms with E-state index in [4.69, 9.17) is 16.2 Å². The summed E-state index contributed by atoms with van der Waals surface area (Å²) < 4.78 is 30.0. The minimum atomic E-state index is -4.15. The molecule has 1 aromatic carbocycles. The second-order valence-electron chi connectivity index (χ2n) is 2.36. The lowest BCUT2D eigenvalue weighted by molar-refractivity contribution is 0.483. The van der Waals surface area contributed by atoms with Crippen LogP contribution < -0.4 is 0 Å². The lowest BCUT2D eigenvalue weighted by Gasteiger charge is -2.01. The molecule has 0 aliphatic rings. The molecular weight excluding hydrogens is 279 g/mol. The van der Waals surface area contributed by atoms with Gasteiger partial charge in [0.1, 0.15) is 0 Å². The highest BCUT2D eigenvalue weighted by Crippen LogP contribution is 2.22. The molecule has 0 atom stereocenters. The molecule has 1 rings (SSSR count). The van der Waals surface area contributed by atoms with Gasteiger partial charge in [0.25, 0.3) is 10.1 Å². The Morgan fingerprint density at radius 3 is 2.46 bits per heavy atom. The number of hydrogen-bond donors (Lipinski definition) is 1. The highest BCUT2D eigenvalue weighted by molar-refractivity contribution is 9.08. The molecule has 0 radical (unpaired) electrons. The minimum absolute atomic E-state index is 0.192. The van der Waals surface area contributed by atoms with Gasteiger partial charge in [0, 0.05) is 10.4 Å². The summed E-state index contributed by atoms with van der Waals surface area (Å²) in [5, 5.41) is 0.851. The van der Waals surface area contributed by atoms with E-state index in [-0.39, 0.29) is 4.90 Å². The number of halogens is 2. The van der Waals surface area contributed by atoms with Crippen LogP contribution in [0.2, 0.25) is 5.02 Å². The highest BCUT2D eigenvalue weighted by atomic mass is 79.9. The van der Waals surface area contributed by atoms with Crippen molar-refractivity contribution < 1.29 is 13.0 Å². The van der Waals surface area contributed by atoms with Gasteiger partial charge in [0.15, 0.2) is 0 Å². The lowest BCUT2D eigenvalue weighted by atomic mass is 10.2. The molecule has 0 unspecified atom stereocenters. The van der Waals surface area contributed by atoms with Crippen molar-refractivity contribution >= 4 is 37.6 Å². The Morgan fingerprint density at radius 1 is 1.46 bits per heavy atom. The maximum atomic E-state index is 10.7. The van der Waals surface area contributed by atoms with Crippen LogP contribution in [0.4, 0.5) is 0 Å². The fourth-order valence-electron chi connectivity index (χ4n) is 0.797. The van der Waals surface area contributed by atoms with Crippen molar-refractivity contribution in [3.63, 3.8) is 0 Å². The van der Waals surface area contributed by atoms with Gasteiger partial charge in [-0.1, -0.05) is 33.6 Å². The first-order valence-corrected chi connectivity index (χ1v) is 6.21. The summed E-state index contributed by atoms with van der Waals surface area (Å²) in [6.45, 7) is 0. The number of alkyl halides is 1. The van der Waals surface area contributed by atoms with Gasteiger partial charge in [-0.2, -0.15) is 8.42 Å². The van der Waals surface area contributed by atoms with E-state index in [1.165, 1.54) is 12.1 Å². The maximum absolute atomic E-state index is 10.7. The Morgan fingerprint density at radius 2 is 2.08 bits per heavy atom. The molecule has 0 amide bonds. The normalized spacial score (nSPS) is 11.6. The van der Waals surface area contributed by atoms with E-state index in [2.05, 4.69) is 15.9 Å². The third-order valence-corrected chi connectivity index (χ3v) is 3.27. The molecule has 0 aliphatic carbocycles. The molecule has 72 valence electrons. The Labute approximate surface area is 89.6 Å². The average Bonchev–Trinajstić information content (AvgIpc) is 2.02. The van der Waals surface area contributed by atoms with Gasteiger partial charge < -0.3 is 0 Å². The standard InChI is InChI=1S/C7H6BrClO3S/c8-4-5-1-2-6(3-7(5)9)13(10,11)12/h1-3H,4H2,(H,10,11,12). The molecule has 0 bridgehead atoms. The first-order chi connectivity index (χ1) is 5.95. The quantitative estimate of drug-likeness (QED) is 0.671. The number of hydrogen-bond acceptors (Lipinski definition) is 2. The van der Waals surface area contributed by atoms with Crippen molar-refractivity contribution in [1.82, 2.24) is 0 Å². The van der Waals surface area contributed by atoms with E-state index in [0.717, 1.165) is 5.56 Å². The van der Waals surface area contributed by atoms with Crippen LogP contribution in [-0.2, 0) is 15.4 Å². The molecule has 0 saturated heterocycles. The van der Waals surface area contributed by atoms with Gasteiger partial charge in [0.2, 0.25) is 0 Å². The van der Waals surface area contributed by atoms with Gasteiger partial charge >= 0.3 is 0 Å². The molecule has 0 heterocycles. The topological polar surface area (TPSA) is 54.4 Å². The van der Waals surface area contributed by atoms with E-state index in [1.54, 1.807) is 6.07 Å². The Bertz CT molecular complexity index is 416. The smallest absolute Gasteiger partial charge is 0.282 e. The molecule has 3 nitrogen and oxygen atoms in total. The predicted octanol–water partition coefficient (Wildman–Crippen LogP) is 2.48. The van der Waals surface area contributed by atoms with Gasteiger partial charge in [-0.3, -0.25) is 4.55 Å². The fraction of sp³-hybridized carbons (Fsp3) is 0.143. The predicted molar refractivity (Wildman–Crippen MR) is 53.9 cm³/mol. The molecule has 0 saturated carbocycles. The summed E-state index contributed by atoms with van der Waals surface area (Å²) >= 11 is 8.92. The van der Waals surface area contributed by atoms with Gasteiger partial charge in [-0.05, 0) is 17.7 Å². The summed E-state index contributed by atoms with van der Waals surface area (Å²) in [6.07, 6.45) is 0. The zero-order chi connectivity index (χ0) is 10.1. The molecule has 0 aromatic heterocycles. The Kier molecular flexibility index (Phi) is 3.34. The Balaban J connectivity index is 3.26. The summed E-state index contributed by atoms with van der Waals surface area (Å²) in [5.74, 6) is 0. The average molecular weight is 286 g/mol. The molecule has 1 N–H and O–H groups in total. The zero-order valence-electron chi connectivity index (χ0n) is 6.37. The van der Waals surface area contributed by atoms with Crippen molar-refractivity contribution in [1.29, 1.82) is 0 Å². The molecule has 0 spiro atoms. The largest absolute Gasteiger partial charge is 0.294 e. The number of rotatable bonds is 2. The molecular formula is C7H6BrClO3S. The highest BCUT2D eigenvalue weighted by Gasteiger charge is 2.10. The van der Waals surface area contributed by atoms with E-state index in [1.807, 2.05) is 0 Å². The summed E-state index contributed by atoms with van der Waals surface area (Å²) in [4.78, 5) is -0.192. The third-order valence-electron chi connectivity index (χ3n) is 1.47. The van der Waals surface area contributed by atoms with Crippen LogP contribution >= 0.6 is 27.5 Å². The van der Waals surface area contributed by atoms with E-state index < -0.39 is 10.1 Å². The van der Waals surface area contributed by atoms with Crippen LogP contribution in [0.1, 0.15) is 5.56 Å². The van der Waals surface area contributed by atoms with E-state index in [0.29, 0.717) is 10.4 Å². The molecule has 0 fully saturated rings. The van der Waals surface area contributed by atoms with Crippen LogP contribution in [-0.4, -0.2) is 13.0 Å². The van der Waals surface area contributed by atoms with Crippen LogP contribution in [0, 0.1) is 0 Å². The fourth-order valence-corrected chi connectivity index (χ4v) is 2.27. The summed E-state index contributed by atoms with van der Waals surface area (Å²) in [6, 6.07) is 4.06. The van der Waals surface area contributed by atoms with Crippen LogP contribution in [0.5, 0.6) is 0 Å². The molecule has 6 heteroatoms. The zero-order valence-corrected chi connectivity index (χ0v) is 9.53. The lowest BCUT2D eigenvalue weighted by Crippen LogP contribution is -1.98. The maximum Gasteiger partial charge on any atom is 0.294 e. The second kappa shape index (κ2) is 3.96. The minimum Gasteiger partial charge on any atom is -0.282 e. The van der Waals surface area contributed by atoms with Crippen LogP contribution in [0.25, 0.3) is 0 Å². The van der Waals surface area contributed by atoms with Crippen LogP contribution in [0.15, 0.2) is 23.1 Å². The SMILES string of the molecule is O=S(=O)(O)c1ccc(CBr)c(Cl)c1. The van der Waals surface area contributed by atoms with Gasteiger partial charge in [0.05, 0.1) is 4.90 Å². The number of benzene rings is 1. The molecule has 0 aliphatic heterocycles. The van der Waals surface area contributed by atoms with Gasteiger partial charge in [-0.15, -0.1) is 0 Å². The van der Waals surface area contributed by atoms with Crippen molar-refractivity contribution in [3.8, 4) is 0 Å². The molecule has 13 heavy (non-hydrogen) atoms. The van der Waals surface area contributed by atoms with Crippen molar-refractivity contribution in [2.24, 2.45) is 0 Å². The van der Waals surface area contributed by atoms with Gasteiger partial charge in [-0.25, -0.2) is 0 Å².